The van der Waals surface area contributed by atoms with E-state index in [1.165, 1.54) is 29.8 Å². The second-order valence-electron chi connectivity index (χ2n) is 5.55. The Labute approximate surface area is 149 Å². The van der Waals surface area contributed by atoms with Gasteiger partial charge in [0.25, 0.3) is 5.56 Å². The molecule has 3 nitrogen and oxygen atoms in total. The number of hydrogen-bond donors (Lipinski definition) is 0. The Kier molecular flexibility index (Phi) is 4.60. The first-order valence-electron chi connectivity index (χ1n) is 7.34. The van der Waals surface area contributed by atoms with Crippen molar-refractivity contribution >= 4 is 26.8 Å². The summed E-state index contributed by atoms with van der Waals surface area (Å²) in [7, 11) is 1.43. The van der Waals surface area contributed by atoms with Crippen molar-refractivity contribution in [3.63, 3.8) is 0 Å². The molecule has 3 aromatic rings. The van der Waals surface area contributed by atoms with Crippen molar-refractivity contribution < 1.29 is 17.9 Å². The van der Waals surface area contributed by atoms with Crippen LogP contribution >= 0.6 is 15.9 Å². The van der Waals surface area contributed by atoms with Gasteiger partial charge in [-0.1, -0.05) is 28.1 Å². The van der Waals surface area contributed by atoms with E-state index in [-0.39, 0.29) is 17.5 Å². The maximum absolute atomic E-state index is 13.1. The van der Waals surface area contributed by atoms with Crippen LogP contribution in [0.2, 0.25) is 0 Å². The van der Waals surface area contributed by atoms with Gasteiger partial charge in [0.1, 0.15) is 12.4 Å². The molecule has 25 heavy (non-hydrogen) atoms. The average molecular weight is 412 g/mol. The summed E-state index contributed by atoms with van der Waals surface area (Å²) in [5.74, 6) is 0.393. The van der Waals surface area contributed by atoms with E-state index in [1.807, 2.05) is 24.3 Å². The molecule has 0 fully saturated rings. The molecule has 0 N–H and O–H groups in total. The molecule has 0 atom stereocenters. The van der Waals surface area contributed by atoms with E-state index in [0.29, 0.717) is 11.8 Å². The zero-order valence-electron chi connectivity index (χ0n) is 13.1. The molecular formula is C18H13BrF3NO2. The summed E-state index contributed by atoms with van der Waals surface area (Å²) in [6.07, 6.45) is -4.59. The monoisotopic (exact) mass is 411 g/mol. The Hall–Kier alpha value is -2.28. The number of fused-ring (bicyclic) bond motifs is 1. The lowest BCUT2D eigenvalue weighted by Crippen LogP contribution is -2.20. The number of benzene rings is 2. The third kappa shape index (κ3) is 3.71. The van der Waals surface area contributed by atoms with Crippen molar-refractivity contribution in [1.29, 1.82) is 0 Å². The normalized spacial score (nSPS) is 11.7. The molecule has 7 heteroatoms. The number of rotatable bonds is 3. The van der Waals surface area contributed by atoms with Crippen LogP contribution in [0.5, 0.6) is 5.75 Å². The molecule has 0 aliphatic heterocycles. The molecule has 0 spiro atoms. The fourth-order valence-electron chi connectivity index (χ4n) is 2.51. The summed E-state index contributed by atoms with van der Waals surface area (Å²) in [5.41, 5.74) is -0.565. The molecule has 3 rings (SSSR count). The predicted molar refractivity (Wildman–Crippen MR) is 92.7 cm³/mol. The van der Waals surface area contributed by atoms with Gasteiger partial charge in [-0.05, 0) is 29.8 Å². The summed E-state index contributed by atoms with van der Waals surface area (Å²) >= 11 is 3.34. The molecular weight excluding hydrogens is 399 g/mol. The zero-order chi connectivity index (χ0) is 18.2. The molecule has 1 aromatic heterocycles. The highest BCUT2D eigenvalue weighted by Crippen LogP contribution is 2.34. The van der Waals surface area contributed by atoms with E-state index in [2.05, 4.69) is 15.9 Å². The first kappa shape index (κ1) is 17.5. The lowest BCUT2D eigenvalue weighted by Gasteiger charge is -2.14. The van der Waals surface area contributed by atoms with Crippen LogP contribution in [0.1, 0.15) is 11.1 Å². The molecule has 0 saturated heterocycles. The Bertz CT molecular complexity index is 979. The zero-order valence-corrected chi connectivity index (χ0v) is 14.7. The van der Waals surface area contributed by atoms with E-state index < -0.39 is 17.3 Å². The minimum atomic E-state index is -4.59. The molecule has 1 heterocycles. The van der Waals surface area contributed by atoms with Crippen LogP contribution in [-0.4, -0.2) is 4.57 Å². The Morgan fingerprint density at radius 3 is 2.40 bits per heavy atom. The van der Waals surface area contributed by atoms with Gasteiger partial charge in [-0.2, -0.15) is 13.2 Å². The van der Waals surface area contributed by atoms with Gasteiger partial charge in [-0.25, -0.2) is 0 Å². The van der Waals surface area contributed by atoms with E-state index >= 15 is 0 Å². The molecule has 130 valence electrons. The molecule has 0 unspecified atom stereocenters. The number of ether oxygens (including phenoxy) is 1. The highest BCUT2D eigenvalue weighted by Gasteiger charge is 2.33. The van der Waals surface area contributed by atoms with E-state index in [0.717, 1.165) is 10.0 Å². The van der Waals surface area contributed by atoms with Gasteiger partial charge in [-0.3, -0.25) is 4.79 Å². The van der Waals surface area contributed by atoms with Crippen LogP contribution in [0.25, 0.3) is 10.9 Å². The lowest BCUT2D eigenvalue weighted by atomic mass is 10.1. The van der Waals surface area contributed by atoms with Crippen molar-refractivity contribution in [3.05, 3.63) is 74.5 Å². The van der Waals surface area contributed by atoms with Crippen LogP contribution < -0.4 is 10.3 Å². The number of aryl methyl sites for hydroxylation is 1. The van der Waals surface area contributed by atoms with Crippen LogP contribution in [0, 0.1) is 0 Å². The number of halogens is 4. The van der Waals surface area contributed by atoms with Gasteiger partial charge in [0.05, 0.1) is 11.1 Å². The van der Waals surface area contributed by atoms with Gasteiger partial charge >= 0.3 is 6.18 Å². The second kappa shape index (κ2) is 6.55. The van der Waals surface area contributed by atoms with Crippen molar-refractivity contribution in [2.75, 3.05) is 0 Å². The predicted octanol–water partition coefficient (Wildman–Crippen LogP) is 4.90. The maximum Gasteiger partial charge on any atom is 0.417 e. The minimum absolute atomic E-state index is 0.0365. The molecule has 0 amide bonds. The van der Waals surface area contributed by atoms with E-state index in [4.69, 9.17) is 4.74 Å². The minimum Gasteiger partial charge on any atom is -0.489 e. The molecule has 0 radical (unpaired) electrons. The number of nitrogens with zero attached hydrogens (tertiary/aromatic N) is 1. The Morgan fingerprint density at radius 1 is 1.08 bits per heavy atom. The first-order chi connectivity index (χ1) is 11.8. The molecule has 0 saturated carbocycles. The number of aromatic nitrogens is 1. The van der Waals surface area contributed by atoms with Gasteiger partial charge in [0.2, 0.25) is 0 Å². The number of alkyl halides is 3. The third-order valence-corrected chi connectivity index (χ3v) is 4.37. The third-order valence-electron chi connectivity index (χ3n) is 3.84. The maximum atomic E-state index is 13.1. The fraction of sp³-hybridized carbons (Fsp3) is 0.167. The molecule has 0 bridgehead atoms. The van der Waals surface area contributed by atoms with Gasteiger partial charge in [-0.15, -0.1) is 0 Å². The summed E-state index contributed by atoms with van der Waals surface area (Å²) in [6.45, 7) is 0.270. The molecule has 0 aliphatic rings. The highest BCUT2D eigenvalue weighted by molar-refractivity contribution is 9.10. The van der Waals surface area contributed by atoms with Gasteiger partial charge in [0, 0.05) is 29.0 Å². The van der Waals surface area contributed by atoms with E-state index in [9.17, 15) is 18.0 Å². The van der Waals surface area contributed by atoms with Gasteiger partial charge < -0.3 is 9.30 Å². The molecule has 2 aromatic carbocycles. The van der Waals surface area contributed by atoms with Crippen LogP contribution in [-0.2, 0) is 19.8 Å². The highest BCUT2D eigenvalue weighted by atomic mass is 79.9. The number of pyridine rings is 1. The topological polar surface area (TPSA) is 31.2 Å². The van der Waals surface area contributed by atoms with Crippen molar-refractivity contribution in [1.82, 2.24) is 4.57 Å². The average Bonchev–Trinajstić information content (AvgIpc) is 2.56. The number of hydrogen-bond acceptors (Lipinski definition) is 2. The summed E-state index contributed by atoms with van der Waals surface area (Å²) in [4.78, 5) is 11.8. The first-order valence-corrected chi connectivity index (χ1v) is 8.13. The van der Waals surface area contributed by atoms with Crippen molar-refractivity contribution in [2.45, 2.75) is 12.8 Å². The summed E-state index contributed by atoms with van der Waals surface area (Å²) in [5, 5.41) is -0.0365. The van der Waals surface area contributed by atoms with Crippen LogP contribution in [0.15, 0.2) is 57.8 Å². The van der Waals surface area contributed by atoms with Crippen LogP contribution in [0.3, 0.4) is 0 Å². The lowest BCUT2D eigenvalue weighted by molar-refractivity contribution is -0.136. The van der Waals surface area contributed by atoms with Gasteiger partial charge in [0.15, 0.2) is 0 Å². The smallest absolute Gasteiger partial charge is 0.417 e. The van der Waals surface area contributed by atoms with E-state index in [1.54, 1.807) is 0 Å². The summed E-state index contributed by atoms with van der Waals surface area (Å²) in [6, 6.07) is 12.4. The molecule has 0 aliphatic carbocycles. The SMILES string of the molecule is Cn1c(=O)cc(C(F)(F)F)c2ccc(OCc3ccc(Br)cc3)cc21. The second-order valence-corrected chi connectivity index (χ2v) is 6.46. The standard InChI is InChI=1S/C18H13BrF3NO2/c1-23-16-8-13(25-10-11-2-4-12(19)5-3-11)6-7-14(16)15(9-17(23)24)18(20,21)22/h2-9H,10H2,1H3. The van der Waals surface area contributed by atoms with Crippen molar-refractivity contribution in [2.24, 2.45) is 7.05 Å². The Morgan fingerprint density at radius 2 is 1.76 bits per heavy atom. The quantitative estimate of drug-likeness (QED) is 0.613. The van der Waals surface area contributed by atoms with Crippen molar-refractivity contribution in [3.8, 4) is 5.75 Å². The summed E-state index contributed by atoms with van der Waals surface area (Å²) < 4.78 is 47.2. The Balaban J connectivity index is 1.98. The fourth-order valence-corrected chi connectivity index (χ4v) is 2.77. The van der Waals surface area contributed by atoms with Crippen LogP contribution in [0.4, 0.5) is 13.2 Å². The largest absolute Gasteiger partial charge is 0.489 e.